The minimum absolute atomic E-state index is 0.0856. The normalized spacial score (nSPS) is 14.2. The van der Waals surface area contributed by atoms with Gasteiger partial charge in [0.1, 0.15) is 17.2 Å². The smallest absolute Gasteiger partial charge is 0.284 e. The van der Waals surface area contributed by atoms with E-state index in [1.165, 1.54) is 16.8 Å². The van der Waals surface area contributed by atoms with Crippen LogP contribution in [0.3, 0.4) is 0 Å². The predicted octanol–water partition coefficient (Wildman–Crippen LogP) is 5.35. The first-order valence-corrected chi connectivity index (χ1v) is 14.2. The van der Waals surface area contributed by atoms with Gasteiger partial charge >= 0.3 is 0 Å². The summed E-state index contributed by atoms with van der Waals surface area (Å²) < 4.78 is 16.9. The topological polar surface area (TPSA) is 89.5 Å². The molecule has 5 aromatic rings. The van der Waals surface area contributed by atoms with Crippen molar-refractivity contribution in [3.05, 3.63) is 111 Å². The molecule has 3 aromatic heterocycles. The Bertz CT molecular complexity index is 1730. The van der Waals surface area contributed by atoms with Crippen LogP contribution in [0.4, 0.5) is 10.2 Å². The SMILES string of the molecule is CC.Cc1c(C(=O)N[C@H]2CCN(c3ccc4ncc(C)n4n3)C2)c(=O)n(-c2cccc(Cl)c2)n1C.Fc1ccccc1. The van der Waals surface area contributed by atoms with Crippen LogP contribution in [-0.2, 0) is 7.05 Å². The summed E-state index contributed by atoms with van der Waals surface area (Å²) >= 11 is 6.10. The molecule has 0 unspecified atom stereocenters. The number of rotatable bonds is 4. The Morgan fingerprint density at radius 1 is 1.05 bits per heavy atom. The summed E-state index contributed by atoms with van der Waals surface area (Å²) in [6.45, 7) is 9.11. The lowest BCUT2D eigenvalue weighted by Gasteiger charge is -2.18. The number of carbonyl (C=O) groups is 1. The van der Waals surface area contributed by atoms with Crippen molar-refractivity contribution in [3.8, 4) is 5.69 Å². The Balaban J connectivity index is 0.000000390. The van der Waals surface area contributed by atoms with E-state index >= 15 is 0 Å². The van der Waals surface area contributed by atoms with Crippen LogP contribution in [0.15, 0.2) is 77.7 Å². The van der Waals surface area contributed by atoms with Gasteiger partial charge in [-0.3, -0.25) is 14.3 Å². The number of aryl methyl sites for hydroxylation is 1. The van der Waals surface area contributed by atoms with Crippen LogP contribution in [0, 0.1) is 19.7 Å². The molecular weight excluding hydrogens is 557 g/mol. The maximum absolute atomic E-state index is 13.2. The lowest BCUT2D eigenvalue weighted by Crippen LogP contribution is -2.39. The number of fused-ring (bicyclic) bond motifs is 1. The van der Waals surface area contributed by atoms with E-state index in [9.17, 15) is 14.0 Å². The molecule has 1 aliphatic heterocycles. The molecule has 0 spiro atoms. The monoisotopic (exact) mass is 591 g/mol. The summed E-state index contributed by atoms with van der Waals surface area (Å²) in [6.07, 6.45) is 2.56. The van der Waals surface area contributed by atoms with Crippen LogP contribution in [0.1, 0.15) is 42.0 Å². The molecule has 6 rings (SSSR count). The Morgan fingerprint density at radius 2 is 1.79 bits per heavy atom. The molecule has 42 heavy (non-hydrogen) atoms. The Labute approximate surface area is 249 Å². The van der Waals surface area contributed by atoms with Gasteiger partial charge in [-0.25, -0.2) is 18.6 Å². The first kappa shape index (κ1) is 30.5. The fourth-order valence-corrected chi connectivity index (χ4v) is 4.96. The molecule has 2 aromatic carbocycles. The summed E-state index contributed by atoms with van der Waals surface area (Å²) in [6, 6.07) is 18.7. The number of hydrogen-bond acceptors (Lipinski definition) is 5. The highest BCUT2D eigenvalue weighted by atomic mass is 35.5. The molecule has 1 N–H and O–H groups in total. The minimum Gasteiger partial charge on any atom is -0.353 e. The number of benzene rings is 2. The number of aromatic nitrogens is 5. The highest BCUT2D eigenvalue weighted by Crippen LogP contribution is 2.20. The number of imidazole rings is 1. The summed E-state index contributed by atoms with van der Waals surface area (Å²) in [5.41, 5.74) is 2.74. The summed E-state index contributed by atoms with van der Waals surface area (Å²) in [4.78, 5) is 32.7. The van der Waals surface area contributed by atoms with Gasteiger partial charge in [0.25, 0.3) is 11.5 Å². The van der Waals surface area contributed by atoms with Crippen molar-refractivity contribution >= 4 is 29.0 Å². The largest absolute Gasteiger partial charge is 0.353 e. The molecule has 11 heteroatoms. The van der Waals surface area contributed by atoms with E-state index in [4.69, 9.17) is 11.6 Å². The zero-order valence-corrected chi connectivity index (χ0v) is 25.1. The van der Waals surface area contributed by atoms with Crippen molar-refractivity contribution in [2.45, 2.75) is 40.2 Å². The Morgan fingerprint density at radius 3 is 2.45 bits per heavy atom. The van der Waals surface area contributed by atoms with Gasteiger partial charge in [0.15, 0.2) is 5.65 Å². The molecule has 220 valence electrons. The van der Waals surface area contributed by atoms with Crippen molar-refractivity contribution in [1.82, 2.24) is 29.3 Å². The van der Waals surface area contributed by atoms with E-state index < -0.39 is 0 Å². The van der Waals surface area contributed by atoms with Crippen LogP contribution in [0.5, 0.6) is 0 Å². The lowest BCUT2D eigenvalue weighted by atomic mass is 10.2. The molecule has 1 amide bonds. The van der Waals surface area contributed by atoms with Crippen molar-refractivity contribution in [2.75, 3.05) is 18.0 Å². The van der Waals surface area contributed by atoms with Gasteiger partial charge in [-0.05, 0) is 62.7 Å². The van der Waals surface area contributed by atoms with Gasteiger partial charge in [0.05, 0.1) is 23.3 Å². The first-order chi connectivity index (χ1) is 20.2. The molecule has 0 aliphatic carbocycles. The number of nitrogens with zero attached hydrogens (tertiary/aromatic N) is 6. The molecule has 1 atom stereocenters. The van der Waals surface area contributed by atoms with Crippen molar-refractivity contribution < 1.29 is 9.18 Å². The third-order valence-corrected chi connectivity index (χ3v) is 7.17. The highest BCUT2D eigenvalue weighted by Gasteiger charge is 2.29. The van der Waals surface area contributed by atoms with Crippen LogP contribution < -0.4 is 15.8 Å². The van der Waals surface area contributed by atoms with E-state index in [0.29, 0.717) is 22.9 Å². The second-order valence-electron chi connectivity index (χ2n) is 9.64. The van der Waals surface area contributed by atoms with Gasteiger partial charge in [0.2, 0.25) is 0 Å². The molecule has 0 radical (unpaired) electrons. The van der Waals surface area contributed by atoms with Crippen LogP contribution in [0.25, 0.3) is 11.3 Å². The first-order valence-electron chi connectivity index (χ1n) is 13.8. The standard InChI is InChI=1S/C23H24ClN7O2.C6H5F.C2H6/c1-14-12-25-19-7-8-20(27-30(14)19)29-10-9-17(13-29)26-22(32)21-15(2)28(3)31(23(21)33)18-6-4-5-16(24)11-18;7-6-4-2-1-3-5-6;1-2/h4-8,11-12,17H,9-10,13H2,1-3H3,(H,26,32);1-5H;1-2H3/t17-;;/m0../s1. The third kappa shape index (κ3) is 6.54. The molecule has 0 saturated carbocycles. The fourth-order valence-electron chi connectivity index (χ4n) is 4.77. The van der Waals surface area contributed by atoms with Gasteiger partial charge in [-0.15, -0.1) is 5.10 Å². The molecule has 1 aliphatic rings. The van der Waals surface area contributed by atoms with Crippen molar-refractivity contribution in [3.63, 3.8) is 0 Å². The van der Waals surface area contributed by atoms with Gasteiger partial charge in [0, 0.05) is 31.2 Å². The van der Waals surface area contributed by atoms with E-state index in [0.717, 1.165) is 30.1 Å². The van der Waals surface area contributed by atoms with Crippen molar-refractivity contribution in [1.29, 1.82) is 0 Å². The van der Waals surface area contributed by atoms with Crippen LogP contribution in [0.2, 0.25) is 5.02 Å². The molecule has 0 bridgehead atoms. The quantitative estimate of drug-likeness (QED) is 0.304. The average molecular weight is 592 g/mol. The summed E-state index contributed by atoms with van der Waals surface area (Å²) in [7, 11) is 1.76. The zero-order chi connectivity index (χ0) is 30.4. The number of anilines is 1. The van der Waals surface area contributed by atoms with Gasteiger partial charge in [-0.1, -0.05) is 49.7 Å². The Hall–Kier alpha value is -4.44. The van der Waals surface area contributed by atoms with E-state index in [1.807, 2.05) is 37.4 Å². The van der Waals surface area contributed by atoms with Crippen molar-refractivity contribution in [2.24, 2.45) is 7.05 Å². The number of carbonyl (C=O) groups excluding carboxylic acids is 1. The van der Waals surface area contributed by atoms with E-state index in [2.05, 4.69) is 20.3 Å². The number of amides is 1. The molecule has 1 fully saturated rings. The molecule has 9 nitrogen and oxygen atoms in total. The number of nitrogens with one attached hydrogen (secondary N) is 1. The Kier molecular flexibility index (Phi) is 9.80. The highest BCUT2D eigenvalue weighted by molar-refractivity contribution is 6.30. The molecule has 4 heterocycles. The predicted molar refractivity (Wildman–Crippen MR) is 164 cm³/mol. The van der Waals surface area contributed by atoms with E-state index in [1.54, 1.807) is 67.3 Å². The summed E-state index contributed by atoms with van der Waals surface area (Å²) in [5.74, 6) is 0.289. The summed E-state index contributed by atoms with van der Waals surface area (Å²) in [5, 5.41) is 8.24. The maximum atomic E-state index is 13.2. The van der Waals surface area contributed by atoms with Crippen LogP contribution in [-0.4, -0.2) is 49.0 Å². The number of halogens is 2. The maximum Gasteiger partial charge on any atom is 0.284 e. The second-order valence-corrected chi connectivity index (χ2v) is 10.1. The van der Waals surface area contributed by atoms with Gasteiger partial charge in [-0.2, -0.15) is 0 Å². The second kappa shape index (κ2) is 13.5. The average Bonchev–Trinajstić information content (AvgIpc) is 3.66. The third-order valence-electron chi connectivity index (χ3n) is 6.93. The minimum atomic E-state index is -0.368. The number of hydrogen-bond donors (Lipinski definition) is 1. The molecule has 1 saturated heterocycles. The van der Waals surface area contributed by atoms with Gasteiger partial charge < -0.3 is 10.2 Å². The lowest BCUT2D eigenvalue weighted by molar-refractivity contribution is 0.0938. The zero-order valence-electron chi connectivity index (χ0n) is 24.4. The van der Waals surface area contributed by atoms with Crippen LogP contribution >= 0.6 is 11.6 Å². The van der Waals surface area contributed by atoms with E-state index in [-0.39, 0.29) is 28.9 Å². The molecular formula is C31H35ClFN7O2. The fraction of sp³-hybridized carbons (Fsp3) is 0.290.